The largest absolute Gasteiger partial charge is 0.393 e. The highest BCUT2D eigenvalue weighted by atomic mass is 16.3. The fourth-order valence-corrected chi connectivity index (χ4v) is 2.34. The van der Waals surface area contributed by atoms with Gasteiger partial charge in [-0.2, -0.15) is 0 Å². The lowest BCUT2D eigenvalue weighted by Gasteiger charge is -2.22. The lowest BCUT2D eigenvalue weighted by Crippen LogP contribution is -2.20. The molecule has 2 heteroatoms. The Kier molecular flexibility index (Phi) is 4.63. The molecule has 0 radical (unpaired) electrons. The minimum Gasteiger partial charge on any atom is -0.393 e. The third kappa shape index (κ3) is 2.82. The molecule has 2 N–H and O–H groups in total. The van der Waals surface area contributed by atoms with Gasteiger partial charge in [-0.25, -0.2) is 0 Å². The lowest BCUT2D eigenvalue weighted by atomic mass is 9.88. The Balaban J connectivity index is 2.78. The number of rotatable bonds is 3. The smallest absolute Gasteiger partial charge is 0.0724 e. The minimum absolute atomic E-state index is 0.255. The van der Waals surface area contributed by atoms with E-state index < -0.39 is 0 Å². The molecule has 3 unspecified atom stereocenters. The van der Waals surface area contributed by atoms with Gasteiger partial charge >= 0.3 is 0 Å². The van der Waals surface area contributed by atoms with E-state index >= 15 is 0 Å². The first-order chi connectivity index (χ1) is 6.69. The maximum absolute atomic E-state index is 9.91. The van der Waals surface area contributed by atoms with Crippen LogP contribution in [0.1, 0.15) is 46.0 Å². The van der Waals surface area contributed by atoms with Gasteiger partial charge in [-0.05, 0) is 25.7 Å². The van der Waals surface area contributed by atoms with Gasteiger partial charge in [-0.15, -0.1) is 0 Å². The molecule has 0 spiro atoms. The Morgan fingerprint density at radius 2 is 2.00 bits per heavy atom. The Labute approximate surface area is 86.6 Å². The third-order valence-electron chi connectivity index (χ3n) is 3.08. The zero-order chi connectivity index (χ0) is 10.6. The van der Waals surface area contributed by atoms with Crippen molar-refractivity contribution in [2.24, 2.45) is 5.92 Å². The van der Waals surface area contributed by atoms with Crippen molar-refractivity contribution >= 4 is 0 Å². The predicted molar refractivity (Wildman–Crippen MR) is 58.0 cm³/mol. The number of hydrogen-bond acceptors (Lipinski definition) is 2. The van der Waals surface area contributed by atoms with Crippen LogP contribution in [-0.4, -0.2) is 22.4 Å². The van der Waals surface area contributed by atoms with Gasteiger partial charge < -0.3 is 10.2 Å². The number of aliphatic hydroxyl groups is 2. The van der Waals surface area contributed by atoms with Gasteiger partial charge in [-0.1, -0.05) is 31.9 Å². The molecule has 0 aliphatic heterocycles. The highest BCUT2D eigenvalue weighted by Crippen LogP contribution is 2.29. The molecule has 0 fully saturated rings. The molecule has 0 saturated carbocycles. The number of aliphatic hydroxyl groups excluding tert-OH is 2. The molecule has 0 amide bonds. The first-order valence-corrected chi connectivity index (χ1v) is 5.75. The highest BCUT2D eigenvalue weighted by Gasteiger charge is 2.25. The molecule has 82 valence electrons. The SMILES string of the molecule is CCCC1=CC(O)CCC(O)C1CC. The van der Waals surface area contributed by atoms with Crippen molar-refractivity contribution in [1.82, 2.24) is 0 Å². The molecule has 0 heterocycles. The van der Waals surface area contributed by atoms with Crippen LogP contribution in [0.4, 0.5) is 0 Å². The summed E-state index contributed by atoms with van der Waals surface area (Å²) in [4.78, 5) is 0. The fourth-order valence-electron chi connectivity index (χ4n) is 2.34. The molecule has 1 rings (SSSR count). The quantitative estimate of drug-likeness (QED) is 0.683. The maximum atomic E-state index is 9.91. The van der Waals surface area contributed by atoms with E-state index in [1.54, 1.807) is 0 Å². The van der Waals surface area contributed by atoms with Crippen molar-refractivity contribution in [2.75, 3.05) is 0 Å². The molecule has 0 aromatic heterocycles. The van der Waals surface area contributed by atoms with Gasteiger partial charge in [0.1, 0.15) is 0 Å². The van der Waals surface area contributed by atoms with Crippen molar-refractivity contribution < 1.29 is 10.2 Å². The van der Waals surface area contributed by atoms with Crippen LogP contribution in [0, 0.1) is 5.92 Å². The Hall–Kier alpha value is -0.340. The highest BCUT2D eigenvalue weighted by molar-refractivity contribution is 5.13. The first-order valence-electron chi connectivity index (χ1n) is 5.75. The van der Waals surface area contributed by atoms with Crippen LogP contribution in [0.3, 0.4) is 0 Å². The minimum atomic E-state index is -0.345. The van der Waals surface area contributed by atoms with E-state index in [2.05, 4.69) is 13.8 Å². The van der Waals surface area contributed by atoms with Gasteiger partial charge in [0, 0.05) is 5.92 Å². The second-order valence-electron chi connectivity index (χ2n) is 4.22. The molecule has 1 aliphatic rings. The van der Waals surface area contributed by atoms with E-state index in [-0.39, 0.29) is 18.1 Å². The van der Waals surface area contributed by atoms with Crippen LogP contribution in [-0.2, 0) is 0 Å². The monoisotopic (exact) mass is 198 g/mol. The van der Waals surface area contributed by atoms with Crippen molar-refractivity contribution in [3.8, 4) is 0 Å². The summed E-state index contributed by atoms with van der Waals surface area (Å²) in [6, 6.07) is 0. The zero-order valence-corrected chi connectivity index (χ0v) is 9.24. The summed E-state index contributed by atoms with van der Waals surface area (Å²) in [5, 5.41) is 19.5. The van der Waals surface area contributed by atoms with Gasteiger partial charge in [0.2, 0.25) is 0 Å². The van der Waals surface area contributed by atoms with E-state index in [9.17, 15) is 10.2 Å². The van der Waals surface area contributed by atoms with Crippen LogP contribution in [0.5, 0.6) is 0 Å². The molecule has 0 bridgehead atoms. The summed E-state index contributed by atoms with van der Waals surface area (Å²) in [7, 11) is 0. The normalized spacial score (nSPS) is 33.7. The summed E-state index contributed by atoms with van der Waals surface area (Å²) in [5.74, 6) is 0.270. The van der Waals surface area contributed by atoms with Gasteiger partial charge in [0.15, 0.2) is 0 Å². The number of hydrogen-bond donors (Lipinski definition) is 2. The second kappa shape index (κ2) is 5.52. The summed E-state index contributed by atoms with van der Waals surface area (Å²) in [6.07, 6.45) is 5.86. The van der Waals surface area contributed by atoms with Gasteiger partial charge in [0.25, 0.3) is 0 Å². The molecule has 0 aromatic rings. The van der Waals surface area contributed by atoms with Crippen LogP contribution in [0.15, 0.2) is 11.6 Å². The summed E-state index contributed by atoms with van der Waals surface area (Å²) in [5.41, 5.74) is 1.26. The van der Waals surface area contributed by atoms with Crippen LogP contribution in [0.25, 0.3) is 0 Å². The molecule has 0 aromatic carbocycles. The van der Waals surface area contributed by atoms with Gasteiger partial charge in [0.05, 0.1) is 12.2 Å². The third-order valence-corrected chi connectivity index (χ3v) is 3.08. The van der Waals surface area contributed by atoms with E-state index in [1.165, 1.54) is 5.57 Å². The topological polar surface area (TPSA) is 40.5 Å². The average molecular weight is 198 g/mol. The molecule has 0 saturated heterocycles. The summed E-state index contributed by atoms with van der Waals surface area (Å²) >= 11 is 0. The Bertz CT molecular complexity index is 198. The predicted octanol–water partition coefficient (Wildman–Crippen LogP) is 2.25. The van der Waals surface area contributed by atoms with E-state index in [4.69, 9.17) is 0 Å². The molecular formula is C12H22O2. The van der Waals surface area contributed by atoms with Crippen molar-refractivity contribution in [2.45, 2.75) is 58.2 Å². The molecule has 14 heavy (non-hydrogen) atoms. The maximum Gasteiger partial charge on any atom is 0.0724 e. The molecular weight excluding hydrogens is 176 g/mol. The fraction of sp³-hybridized carbons (Fsp3) is 0.833. The van der Waals surface area contributed by atoms with Crippen molar-refractivity contribution in [3.63, 3.8) is 0 Å². The van der Waals surface area contributed by atoms with Gasteiger partial charge in [-0.3, -0.25) is 0 Å². The van der Waals surface area contributed by atoms with E-state index in [0.29, 0.717) is 6.42 Å². The van der Waals surface area contributed by atoms with Crippen molar-refractivity contribution in [1.29, 1.82) is 0 Å². The van der Waals surface area contributed by atoms with Crippen LogP contribution >= 0.6 is 0 Å². The van der Waals surface area contributed by atoms with E-state index in [1.807, 2.05) is 6.08 Å². The zero-order valence-electron chi connectivity index (χ0n) is 9.24. The average Bonchev–Trinajstić information content (AvgIpc) is 2.27. The summed E-state index contributed by atoms with van der Waals surface area (Å²) in [6.45, 7) is 4.24. The second-order valence-corrected chi connectivity index (χ2v) is 4.22. The molecule has 2 nitrogen and oxygen atoms in total. The van der Waals surface area contributed by atoms with Crippen molar-refractivity contribution in [3.05, 3.63) is 11.6 Å². The molecule has 1 aliphatic carbocycles. The molecule has 3 atom stereocenters. The first kappa shape index (κ1) is 11.7. The Morgan fingerprint density at radius 3 is 2.57 bits per heavy atom. The summed E-state index contributed by atoms with van der Waals surface area (Å²) < 4.78 is 0. The lowest BCUT2D eigenvalue weighted by molar-refractivity contribution is 0.102. The van der Waals surface area contributed by atoms with E-state index in [0.717, 1.165) is 25.7 Å². The van der Waals surface area contributed by atoms with Crippen LogP contribution < -0.4 is 0 Å². The van der Waals surface area contributed by atoms with Crippen LogP contribution in [0.2, 0.25) is 0 Å². The standard InChI is InChI=1S/C12H22O2/c1-3-5-9-8-10(13)6-7-12(14)11(9)4-2/h8,10-14H,3-7H2,1-2H3. The Morgan fingerprint density at radius 1 is 1.29 bits per heavy atom.